The van der Waals surface area contributed by atoms with E-state index in [9.17, 15) is 0 Å². The van der Waals surface area contributed by atoms with E-state index in [1.54, 1.807) is 18.2 Å². The molecule has 0 radical (unpaired) electrons. The molecule has 0 bridgehead atoms. The Morgan fingerprint density at radius 2 is 1.77 bits per heavy atom. The smallest absolute Gasteiger partial charge is 0.221 e. The molecule has 134 valence electrons. The molecule has 0 fully saturated rings. The Hall–Kier alpha value is -2.19. The lowest BCUT2D eigenvalue weighted by atomic mass is 10.1. The number of para-hydroxylation sites is 1. The van der Waals surface area contributed by atoms with Crippen LogP contribution < -0.4 is 21.9 Å². The lowest BCUT2D eigenvalue weighted by molar-refractivity contribution is 0.330. The maximum atomic E-state index is 6.33. The largest absolute Gasteiger partial charge is 0.477 e. The molecule has 0 saturated carbocycles. The van der Waals surface area contributed by atoms with Gasteiger partial charge in [-0.15, -0.1) is 0 Å². The van der Waals surface area contributed by atoms with Crippen molar-refractivity contribution in [1.82, 2.24) is 9.97 Å². The normalized spacial score (nSPS) is 10.7. The SMILES string of the molecule is NCOc1cc(-c2cc(Sc3ccccc3N)nc(N)n2)c(Cl)cc1Cl. The summed E-state index contributed by atoms with van der Waals surface area (Å²) in [5.74, 6) is 0.527. The second kappa shape index (κ2) is 8.01. The van der Waals surface area contributed by atoms with Gasteiger partial charge in [0.15, 0.2) is 0 Å². The number of nitrogen functional groups attached to an aromatic ring is 2. The van der Waals surface area contributed by atoms with E-state index in [4.69, 9.17) is 45.1 Å². The summed E-state index contributed by atoms with van der Waals surface area (Å²) >= 11 is 13.8. The third-order valence-corrected chi connectivity index (χ3v) is 5.01. The van der Waals surface area contributed by atoms with Crippen molar-refractivity contribution in [2.75, 3.05) is 18.2 Å². The summed E-state index contributed by atoms with van der Waals surface area (Å²) in [4.78, 5) is 9.39. The molecule has 1 aromatic heterocycles. The number of benzene rings is 2. The first-order valence-corrected chi connectivity index (χ1v) is 9.04. The van der Waals surface area contributed by atoms with Gasteiger partial charge in [-0.2, -0.15) is 0 Å². The fraction of sp³-hybridized carbons (Fsp3) is 0.0588. The van der Waals surface area contributed by atoms with Crippen LogP contribution in [0.5, 0.6) is 5.75 Å². The maximum Gasteiger partial charge on any atom is 0.221 e. The van der Waals surface area contributed by atoms with Gasteiger partial charge in [0.05, 0.1) is 15.7 Å². The highest BCUT2D eigenvalue weighted by atomic mass is 35.5. The molecule has 26 heavy (non-hydrogen) atoms. The minimum atomic E-state index is -0.0128. The number of nitrogens with zero attached hydrogens (tertiary/aromatic N) is 2. The van der Waals surface area contributed by atoms with E-state index in [1.165, 1.54) is 11.8 Å². The molecule has 9 heteroatoms. The van der Waals surface area contributed by atoms with Crippen LogP contribution in [0.4, 0.5) is 11.6 Å². The molecule has 0 atom stereocenters. The zero-order valence-corrected chi connectivity index (χ0v) is 15.8. The van der Waals surface area contributed by atoms with Crippen LogP contribution in [0.15, 0.2) is 52.4 Å². The van der Waals surface area contributed by atoms with Gasteiger partial charge in [-0.3, -0.25) is 5.73 Å². The van der Waals surface area contributed by atoms with Crippen LogP contribution in [0.3, 0.4) is 0 Å². The lowest BCUT2D eigenvalue weighted by Gasteiger charge is -2.11. The molecule has 0 aliphatic carbocycles. The molecule has 3 rings (SSSR count). The van der Waals surface area contributed by atoms with Gasteiger partial charge >= 0.3 is 0 Å². The number of nitrogens with two attached hydrogens (primary N) is 3. The van der Waals surface area contributed by atoms with Crippen LogP contribution in [-0.4, -0.2) is 16.7 Å². The molecule has 3 aromatic rings. The number of hydrogen-bond acceptors (Lipinski definition) is 7. The summed E-state index contributed by atoms with van der Waals surface area (Å²) < 4.78 is 5.32. The third-order valence-electron chi connectivity index (χ3n) is 3.39. The molecule has 1 heterocycles. The van der Waals surface area contributed by atoms with Crippen molar-refractivity contribution in [3.63, 3.8) is 0 Å². The summed E-state index contributed by atoms with van der Waals surface area (Å²) in [6.45, 7) is -0.0128. The first-order valence-electron chi connectivity index (χ1n) is 7.47. The fourth-order valence-electron chi connectivity index (χ4n) is 2.25. The van der Waals surface area contributed by atoms with E-state index >= 15 is 0 Å². The van der Waals surface area contributed by atoms with Gasteiger partial charge in [0.25, 0.3) is 0 Å². The Balaban J connectivity index is 2.03. The minimum absolute atomic E-state index is 0.0128. The van der Waals surface area contributed by atoms with E-state index < -0.39 is 0 Å². The van der Waals surface area contributed by atoms with Crippen LogP contribution >= 0.6 is 35.0 Å². The third kappa shape index (κ3) is 4.13. The van der Waals surface area contributed by atoms with Crippen molar-refractivity contribution < 1.29 is 4.74 Å². The average molecular weight is 408 g/mol. The molecular weight excluding hydrogens is 393 g/mol. The van der Waals surface area contributed by atoms with Gasteiger partial charge < -0.3 is 16.2 Å². The molecule has 0 saturated heterocycles. The van der Waals surface area contributed by atoms with Crippen molar-refractivity contribution >= 4 is 46.6 Å². The first-order chi connectivity index (χ1) is 12.5. The Kier molecular flexibility index (Phi) is 5.73. The highest BCUT2D eigenvalue weighted by Crippen LogP contribution is 2.38. The molecule has 0 aliphatic rings. The number of anilines is 2. The molecule has 2 aromatic carbocycles. The lowest BCUT2D eigenvalue weighted by Crippen LogP contribution is -2.07. The van der Waals surface area contributed by atoms with Crippen LogP contribution in [0.1, 0.15) is 0 Å². The van der Waals surface area contributed by atoms with Crippen LogP contribution in [0, 0.1) is 0 Å². The van der Waals surface area contributed by atoms with Crippen LogP contribution in [0.2, 0.25) is 10.0 Å². The quantitative estimate of drug-likeness (QED) is 0.331. The minimum Gasteiger partial charge on any atom is -0.477 e. The predicted octanol–water partition coefficient (Wildman–Crippen LogP) is 4.06. The fourth-order valence-corrected chi connectivity index (χ4v) is 3.65. The maximum absolute atomic E-state index is 6.33. The van der Waals surface area contributed by atoms with Crippen molar-refractivity contribution in [3.8, 4) is 17.0 Å². The Labute approximate surface area is 164 Å². The van der Waals surface area contributed by atoms with Gasteiger partial charge in [0.2, 0.25) is 5.95 Å². The monoisotopic (exact) mass is 407 g/mol. The number of aromatic nitrogens is 2. The molecular formula is C17H15Cl2N5OS. The van der Waals surface area contributed by atoms with Crippen LogP contribution in [-0.2, 0) is 0 Å². The summed E-state index contributed by atoms with van der Waals surface area (Å²) in [5.41, 5.74) is 19.1. The first kappa shape index (κ1) is 18.6. The number of halogens is 2. The van der Waals surface area contributed by atoms with E-state index in [0.717, 1.165) is 4.90 Å². The highest BCUT2D eigenvalue weighted by Gasteiger charge is 2.14. The van der Waals surface area contributed by atoms with Gasteiger partial charge in [0.1, 0.15) is 17.5 Å². The Morgan fingerprint density at radius 1 is 1.00 bits per heavy atom. The van der Waals surface area contributed by atoms with Crippen molar-refractivity contribution in [2.45, 2.75) is 9.92 Å². The molecule has 0 spiro atoms. The van der Waals surface area contributed by atoms with E-state index in [2.05, 4.69) is 9.97 Å². The standard InChI is InChI=1S/C17H15Cl2N5OS/c18-10-6-11(19)14(25-8-20)5-9(10)13-7-16(24-17(22)23-13)26-15-4-2-1-3-12(15)21/h1-7H,8,20-21H2,(H2,22,23,24). The van der Waals surface area contributed by atoms with Gasteiger partial charge in [0, 0.05) is 16.1 Å². The van der Waals surface area contributed by atoms with Crippen molar-refractivity contribution in [2.24, 2.45) is 5.73 Å². The van der Waals surface area contributed by atoms with Gasteiger partial charge in [-0.25, -0.2) is 9.97 Å². The number of hydrogen-bond donors (Lipinski definition) is 3. The molecule has 6 nitrogen and oxygen atoms in total. The summed E-state index contributed by atoms with van der Waals surface area (Å²) in [5, 5.41) is 1.41. The second-order valence-electron chi connectivity index (χ2n) is 5.16. The number of rotatable bonds is 5. The second-order valence-corrected chi connectivity index (χ2v) is 7.04. The molecule has 0 amide bonds. The van der Waals surface area contributed by atoms with Crippen LogP contribution in [0.25, 0.3) is 11.3 Å². The Bertz CT molecular complexity index is 954. The Morgan fingerprint density at radius 3 is 2.50 bits per heavy atom. The average Bonchev–Trinajstić information content (AvgIpc) is 2.59. The van der Waals surface area contributed by atoms with Crippen molar-refractivity contribution in [3.05, 3.63) is 52.5 Å². The summed E-state index contributed by atoms with van der Waals surface area (Å²) in [6, 6.07) is 12.5. The summed E-state index contributed by atoms with van der Waals surface area (Å²) in [6.07, 6.45) is 0. The van der Waals surface area contributed by atoms with E-state index in [-0.39, 0.29) is 12.7 Å². The van der Waals surface area contributed by atoms with E-state index in [1.807, 2.05) is 24.3 Å². The molecule has 0 unspecified atom stereocenters. The van der Waals surface area contributed by atoms with Gasteiger partial charge in [-0.1, -0.05) is 47.1 Å². The predicted molar refractivity (Wildman–Crippen MR) is 107 cm³/mol. The number of ether oxygens (including phenoxy) is 1. The van der Waals surface area contributed by atoms with Crippen molar-refractivity contribution in [1.29, 1.82) is 0 Å². The molecule has 6 N–H and O–H groups in total. The van der Waals surface area contributed by atoms with E-state index in [0.29, 0.717) is 37.8 Å². The summed E-state index contributed by atoms with van der Waals surface area (Å²) in [7, 11) is 0. The molecule has 0 aliphatic heterocycles. The topological polar surface area (TPSA) is 113 Å². The zero-order valence-electron chi connectivity index (χ0n) is 13.4. The highest BCUT2D eigenvalue weighted by molar-refractivity contribution is 7.99. The zero-order chi connectivity index (χ0) is 18.7. The van der Waals surface area contributed by atoms with Gasteiger partial charge in [-0.05, 0) is 30.3 Å².